The Morgan fingerprint density at radius 1 is 1.12 bits per heavy atom. The van der Waals surface area contributed by atoms with Crippen LogP contribution >= 0.6 is 11.3 Å². The lowest BCUT2D eigenvalue weighted by atomic mass is 10.1. The van der Waals surface area contributed by atoms with E-state index >= 15 is 0 Å². The molecule has 3 aromatic rings. The highest BCUT2D eigenvalue weighted by Crippen LogP contribution is 2.31. The number of hydrogen-bond acceptors (Lipinski definition) is 4. The van der Waals surface area contributed by atoms with Gasteiger partial charge in [-0.3, -0.25) is 4.79 Å². The normalized spacial score (nSPS) is 14.6. The number of piperidine rings is 1. The van der Waals surface area contributed by atoms with Gasteiger partial charge in [-0.15, -0.1) is 0 Å². The van der Waals surface area contributed by atoms with Gasteiger partial charge in [0.15, 0.2) is 5.13 Å². The van der Waals surface area contributed by atoms with Gasteiger partial charge < -0.3 is 10.2 Å². The second-order valence-corrected chi connectivity index (χ2v) is 7.94. The van der Waals surface area contributed by atoms with Crippen molar-refractivity contribution in [1.82, 2.24) is 4.98 Å². The number of rotatable bonds is 3. The largest absolute Gasteiger partial charge is 0.348 e. The lowest BCUT2D eigenvalue weighted by molar-refractivity contribution is 0.102. The number of fused-ring (bicyclic) bond motifs is 1. The van der Waals surface area contributed by atoms with E-state index in [1.165, 1.54) is 24.8 Å². The van der Waals surface area contributed by atoms with Crippen LogP contribution in [0, 0.1) is 13.8 Å². The highest BCUT2D eigenvalue weighted by molar-refractivity contribution is 7.22. The minimum atomic E-state index is -0.0754. The summed E-state index contributed by atoms with van der Waals surface area (Å²) in [6.45, 7) is 6.25. The summed E-state index contributed by atoms with van der Waals surface area (Å²) in [6, 6.07) is 11.7. The maximum Gasteiger partial charge on any atom is 0.255 e. The number of amides is 1. The molecule has 1 saturated heterocycles. The van der Waals surface area contributed by atoms with E-state index < -0.39 is 0 Å². The molecule has 1 fully saturated rings. The Morgan fingerprint density at radius 3 is 2.73 bits per heavy atom. The third-order valence-corrected chi connectivity index (χ3v) is 6.20. The molecule has 1 aliphatic rings. The van der Waals surface area contributed by atoms with Gasteiger partial charge in [0.2, 0.25) is 0 Å². The van der Waals surface area contributed by atoms with Crippen LogP contribution in [0.4, 0.5) is 10.8 Å². The molecule has 2 heterocycles. The number of carbonyl (C=O) groups is 1. The first-order chi connectivity index (χ1) is 12.6. The van der Waals surface area contributed by atoms with Crippen LogP contribution in [0.25, 0.3) is 10.2 Å². The molecule has 0 radical (unpaired) electrons. The Labute approximate surface area is 157 Å². The Balaban J connectivity index is 1.58. The summed E-state index contributed by atoms with van der Waals surface area (Å²) < 4.78 is 1.07. The monoisotopic (exact) mass is 365 g/mol. The van der Waals surface area contributed by atoms with Crippen molar-refractivity contribution < 1.29 is 4.79 Å². The molecule has 0 spiro atoms. The van der Waals surface area contributed by atoms with Crippen LogP contribution in [0.2, 0.25) is 0 Å². The van der Waals surface area contributed by atoms with Crippen LogP contribution in [0.1, 0.15) is 40.7 Å². The lowest BCUT2D eigenvalue weighted by Crippen LogP contribution is -2.29. The van der Waals surface area contributed by atoms with E-state index in [1.807, 2.05) is 37.3 Å². The summed E-state index contributed by atoms with van der Waals surface area (Å²) in [6.07, 6.45) is 3.78. The molecule has 0 aliphatic carbocycles. The first kappa shape index (κ1) is 17.0. The standard InChI is InChI=1S/C21H23N3OS/c1-14-7-6-8-17(15(14)2)22-20(25)16-9-10-18-19(13-16)26-21(23-18)24-11-4-3-5-12-24/h6-10,13H,3-5,11-12H2,1-2H3,(H,22,25). The van der Waals surface area contributed by atoms with Gasteiger partial charge in [-0.2, -0.15) is 0 Å². The van der Waals surface area contributed by atoms with Crippen LogP contribution < -0.4 is 10.2 Å². The Hall–Kier alpha value is -2.40. The molecule has 134 valence electrons. The number of carbonyl (C=O) groups excluding carboxylic acids is 1. The van der Waals surface area contributed by atoms with Gasteiger partial charge in [-0.1, -0.05) is 23.5 Å². The van der Waals surface area contributed by atoms with E-state index in [0.717, 1.165) is 39.7 Å². The summed E-state index contributed by atoms with van der Waals surface area (Å²) in [5.41, 5.74) is 4.79. The predicted octanol–water partition coefficient (Wildman–Crippen LogP) is 5.16. The smallest absolute Gasteiger partial charge is 0.255 e. The molecule has 1 aliphatic heterocycles. The molecule has 1 N–H and O–H groups in total. The quantitative estimate of drug-likeness (QED) is 0.698. The van der Waals surface area contributed by atoms with Crippen molar-refractivity contribution >= 4 is 38.3 Å². The van der Waals surface area contributed by atoms with Crippen molar-refractivity contribution in [3.63, 3.8) is 0 Å². The molecule has 5 heteroatoms. The van der Waals surface area contributed by atoms with Crippen molar-refractivity contribution in [2.75, 3.05) is 23.3 Å². The lowest BCUT2D eigenvalue weighted by Gasteiger charge is -2.25. The van der Waals surface area contributed by atoms with Crippen LogP contribution in [0.3, 0.4) is 0 Å². The molecule has 0 saturated carbocycles. The number of aromatic nitrogens is 1. The Bertz CT molecular complexity index is 957. The Morgan fingerprint density at radius 2 is 1.92 bits per heavy atom. The summed E-state index contributed by atoms with van der Waals surface area (Å²) in [5.74, 6) is -0.0754. The molecule has 1 aromatic heterocycles. The molecular weight excluding hydrogens is 342 g/mol. The van der Waals surface area contributed by atoms with E-state index in [1.54, 1.807) is 11.3 Å². The van der Waals surface area contributed by atoms with Crippen molar-refractivity contribution in [2.24, 2.45) is 0 Å². The maximum atomic E-state index is 12.7. The second-order valence-electron chi connectivity index (χ2n) is 6.93. The summed E-state index contributed by atoms with van der Waals surface area (Å²) in [7, 11) is 0. The maximum absolute atomic E-state index is 12.7. The summed E-state index contributed by atoms with van der Waals surface area (Å²) in [4.78, 5) is 19.8. The number of thiazole rings is 1. The molecule has 4 nitrogen and oxygen atoms in total. The molecule has 0 atom stereocenters. The first-order valence-corrected chi connectivity index (χ1v) is 9.96. The zero-order valence-corrected chi connectivity index (χ0v) is 16.0. The van der Waals surface area contributed by atoms with Crippen molar-refractivity contribution in [1.29, 1.82) is 0 Å². The number of anilines is 2. The van der Waals surface area contributed by atoms with Gasteiger partial charge in [0, 0.05) is 24.3 Å². The average Bonchev–Trinajstić information content (AvgIpc) is 3.09. The third kappa shape index (κ3) is 3.31. The van der Waals surface area contributed by atoms with E-state index in [9.17, 15) is 4.79 Å². The van der Waals surface area contributed by atoms with Crippen molar-refractivity contribution in [3.8, 4) is 0 Å². The highest BCUT2D eigenvalue weighted by atomic mass is 32.1. The molecule has 26 heavy (non-hydrogen) atoms. The first-order valence-electron chi connectivity index (χ1n) is 9.15. The molecule has 0 bridgehead atoms. The van der Waals surface area contributed by atoms with E-state index in [4.69, 9.17) is 4.98 Å². The van der Waals surface area contributed by atoms with Crippen LogP contribution in [-0.4, -0.2) is 24.0 Å². The van der Waals surface area contributed by atoms with E-state index in [2.05, 4.69) is 23.2 Å². The fourth-order valence-corrected chi connectivity index (χ4v) is 4.41. The molecule has 2 aromatic carbocycles. The Kier molecular flexibility index (Phi) is 4.64. The molecular formula is C21H23N3OS. The molecule has 1 amide bonds. The van der Waals surface area contributed by atoms with Crippen molar-refractivity contribution in [3.05, 3.63) is 53.1 Å². The van der Waals surface area contributed by atoms with Gasteiger partial charge in [-0.05, 0) is 68.5 Å². The van der Waals surface area contributed by atoms with Gasteiger partial charge >= 0.3 is 0 Å². The number of aryl methyl sites for hydroxylation is 1. The summed E-state index contributed by atoms with van der Waals surface area (Å²) >= 11 is 1.68. The molecule has 4 rings (SSSR count). The van der Waals surface area contributed by atoms with Crippen molar-refractivity contribution in [2.45, 2.75) is 33.1 Å². The van der Waals surface area contributed by atoms with Crippen LogP contribution in [-0.2, 0) is 0 Å². The van der Waals surface area contributed by atoms with Crippen LogP contribution in [0.15, 0.2) is 36.4 Å². The molecule has 0 unspecified atom stereocenters. The number of nitrogens with one attached hydrogen (secondary N) is 1. The highest BCUT2D eigenvalue weighted by Gasteiger charge is 2.16. The zero-order chi connectivity index (χ0) is 18.1. The topological polar surface area (TPSA) is 45.2 Å². The minimum Gasteiger partial charge on any atom is -0.348 e. The van der Waals surface area contributed by atoms with Crippen LogP contribution in [0.5, 0.6) is 0 Å². The SMILES string of the molecule is Cc1cccc(NC(=O)c2ccc3nc(N4CCCCC4)sc3c2)c1C. The zero-order valence-electron chi connectivity index (χ0n) is 15.2. The predicted molar refractivity (Wildman–Crippen MR) is 110 cm³/mol. The van der Waals surface area contributed by atoms with Gasteiger partial charge in [0.05, 0.1) is 10.2 Å². The average molecular weight is 366 g/mol. The number of nitrogens with zero attached hydrogens (tertiary/aromatic N) is 2. The fourth-order valence-electron chi connectivity index (χ4n) is 3.36. The summed E-state index contributed by atoms with van der Waals surface area (Å²) in [5, 5.41) is 4.11. The second kappa shape index (κ2) is 7.08. The van der Waals surface area contributed by atoms with Gasteiger partial charge in [0.25, 0.3) is 5.91 Å². The van der Waals surface area contributed by atoms with Gasteiger partial charge in [0.1, 0.15) is 0 Å². The number of hydrogen-bond donors (Lipinski definition) is 1. The fraction of sp³-hybridized carbons (Fsp3) is 0.333. The minimum absolute atomic E-state index is 0.0754. The third-order valence-electron chi connectivity index (χ3n) is 5.12. The number of benzene rings is 2. The van der Waals surface area contributed by atoms with Gasteiger partial charge in [-0.25, -0.2) is 4.98 Å². The van der Waals surface area contributed by atoms with E-state index in [0.29, 0.717) is 5.56 Å². The van der Waals surface area contributed by atoms with E-state index in [-0.39, 0.29) is 5.91 Å².